The lowest BCUT2D eigenvalue weighted by molar-refractivity contribution is -0.135. The summed E-state index contributed by atoms with van der Waals surface area (Å²) in [4.78, 5) is 28.0. The van der Waals surface area contributed by atoms with Crippen molar-refractivity contribution in [2.45, 2.75) is 25.0 Å². The molecule has 37 heavy (non-hydrogen) atoms. The van der Waals surface area contributed by atoms with Crippen molar-refractivity contribution < 1.29 is 19.0 Å². The molecule has 1 saturated heterocycles. The van der Waals surface area contributed by atoms with E-state index < -0.39 is 18.0 Å². The molecule has 7 nitrogen and oxygen atoms in total. The van der Waals surface area contributed by atoms with Gasteiger partial charge in [0.2, 0.25) is 11.9 Å². The third-order valence-corrected chi connectivity index (χ3v) is 7.02. The Morgan fingerprint density at radius 1 is 1.05 bits per heavy atom. The standard InChI is InChI=1S/C29H25FN4O3/c30-28-15-19(6-9-32-28)24-12-18(5-8-31-24)11-20-13-21-14-25(23-4-2-1-3-22(20)23)33-17-34(29(21)36)26-7-10-37-16-27(26)35/h1-6,8-9,12-15,17,21,26-27,35H,7,10-11,16H2. The first-order valence-corrected chi connectivity index (χ1v) is 12.3. The number of aromatic nitrogens is 2. The van der Waals surface area contributed by atoms with Crippen LogP contribution in [-0.4, -0.2) is 57.6 Å². The predicted molar refractivity (Wildman–Crippen MR) is 138 cm³/mol. The molecular weight excluding hydrogens is 471 g/mol. The van der Waals surface area contributed by atoms with Gasteiger partial charge in [-0.15, -0.1) is 0 Å². The molecule has 2 aliphatic heterocycles. The number of hydrogen-bond acceptors (Lipinski definition) is 6. The third kappa shape index (κ3) is 4.61. The molecule has 3 aliphatic rings. The van der Waals surface area contributed by atoms with Crippen LogP contribution in [-0.2, 0) is 16.0 Å². The highest BCUT2D eigenvalue weighted by atomic mass is 19.1. The fraction of sp³-hybridized carbons (Fsp3) is 0.241. The van der Waals surface area contributed by atoms with Gasteiger partial charge in [-0.25, -0.2) is 9.98 Å². The molecule has 8 heteroatoms. The monoisotopic (exact) mass is 496 g/mol. The summed E-state index contributed by atoms with van der Waals surface area (Å²) in [7, 11) is 0. The van der Waals surface area contributed by atoms with E-state index in [4.69, 9.17) is 9.73 Å². The Bertz CT molecular complexity index is 1450. The van der Waals surface area contributed by atoms with Crippen LogP contribution in [0.3, 0.4) is 0 Å². The molecule has 1 N–H and O–H groups in total. The number of aliphatic hydroxyl groups excluding tert-OH is 1. The van der Waals surface area contributed by atoms with Crippen LogP contribution >= 0.6 is 0 Å². The van der Waals surface area contributed by atoms with Gasteiger partial charge < -0.3 is 9.84 Å². The zero-order valence-corrected chi connectivity index (χ0v) is 20.0. The normalized spacial score (nSPS) is 23.0. The van der Waals surface area contributed by atoms with Crippen LogP contribution < -0.4 is 0 Å². The van der Waals surface area contributed by atoms with Gasteiger partial charge in [0.1, 0.15) is 0 Å². The van der Waals surface area contributed by atoms with Crippen molar-refractivity contribution in [2.75, 3.05) is 13.2 Å². The summed E-state index contributed by atoms with van der Waals surface area (Å²) < 4.78 is 19.1. The van der Waals surface area contributed by atoms with E-state index in [0.29, 0.717) is 30.7 Å². The van der Waals surface area contributed by atoms with E-state index in [-0.39, 0.29) is 18.6 Å². The molecule has 3 unspecified atom stereocenters. The van der Waals surface area contributed by atoms with Crippen molar-refractivity contribution in [3.8, 4) is 11.3 Å². The number of ether oxygens (including phenoxy) is 1. The van der Waals surface area contributed by atoms with Gasteiger partial charge in [0, 0.05) is 36.2 Å². The quantitative estimate of drug-likeness (QED) is 0.554. The molecule has 2 bridgehead atoms. The van der Waals surface area contributed by atoms with E-state index in [1.165, 1.54) is 12.3 Å². The van der Waals surface area contributed by atoms with Gasteiger partial charge in [-0.3, -0.25) is 14.7 Å². The summed E-state index contributed by atoms with van der Waals surface area (Å²) in [5.74, 6) is -1.22. The first-order chi connectivity index (χ1) is 18.1. The van der Waals surface area contributed by atoms with Gasteiger partial charge in [0.15, 0.2) is 0 Å². The molecule has 3 aromatic rings. The highest BCUT2D eigenvalue weighted by molar-refractivity contribution is 6.00. The zero-order chi connectivity index (χ0) is 25.4. The highest BCUT2D eigenvalue weighted by Gasteiger charge is 2.36. The highest BCUT2D eigenvalue weighted by Crippen LogP contribution is 2.36. The number of carbonyl (C=O) groups is 1. The molecule has 186 valence electrons. The summed E-state index contributed by atoms with van der Waals surface area (Å²) >= 11 is 0. The van der Waals surface area contributed by atoms with Crippen molar-refractivity contribution in [2.24, 2.45) is 10.9 Å². The molecular formula is C29H25FN4O3. The number of fused-ring (bicyclic) bond motifs is 3. The predicted octanol–water partition coefficient (Wildman–Crippen LogP) is 3.90. The first-order valence-electron chi connectivity index (χ1n) is 12.3. The Balaban J connectivity index is 1.37. The summed E-state index contributed by atoms with van der Waals surface area (Å²) in [6.45, 7) is 0.683. The molecule has 2 aromatic heterocycles. The number of allylic oxidation sites excluding steroid dienone is 1. The molecule has 1 amide bonds. The van der Waals surface area contributed by atoms with E-state index in [1.54, 1.807) is 23.5 Å². The summed E-state index contributed by atoms with van der Waals surface area (Å²) in [6, 6.07) is 14.6. The lowest BCUT2D eigenvalue weighted by Crippen LogP contribution is -2.51. The van der Waals surface area contributed by atoms with Gasteiger partial charge in [-0.05, 0) is 53.8 Å². The molecule has 3 atom stereocenters. The van der Waals surface area contributed by atoms with Gasteiger partial charge in [-0.2, -0.15) is 4.39 Å². The number of amides is 1. The maximum atomic E-state index is 13.7. The van der Waals surface area contributed by atoms with E-state index in [1.807, 2.05) is 48.6 Å². The Morgan fingerprint density at radius 3 is 2.73 bits per heavy atom. The van der Waals surface area contributed by atoms with Crippen molar-refractivity contribution in [3.05, 3.63) is 95.7 Å². The minimum atomic E-state index is -0.765. The second-order valence-corrected chi connectivity index (χ2v) is 9.40. The Kier molecular flexibility index (Phi) is 6.20. The zero-order valence-electron chi connectivity index (χ0n) is 20.0. The van der Waals surface area contributed by atoms with Gasteiger partial charge >= 0.3 is 0 Å². The minimum absolute atomic E-state index is 0.127. The molecule has 1 aliphatic carbocycles. The number of benzene rings is 1. The van der Waals surface area contributed by atoms with Crippen molar-refractivity contribution in [3.63, 3.8) is 0 Å². The Hall–Kier alpha value is -4.01. The molecule has 0 radical (unpaired) electrons. The number of nitrogens with zero attached hydrogens (tertiary/aromatic N) is 4. The molecule has 0 saturated carbocycles. The second-order valence-electron chi connectivity index (χ2n) is 9.40. The summed E-state index contributed by atoms with van der Waals surface area (Å²) in [5.41, 5.74) is 5.95. The lowest BCUT2D eigenvalue weighted by Gasteiger charge is -2.35. The van der Waals surface area contributed by atoms with Crippen LogP contribution in [0.5, 0.6) is 0 Å². The summed E-state index contributed by atoms with van der Waals surface area (Å²) in [5, 5.41) is 10.5. The van der Waals surface area contributed by atoms with E-state index in [2.05, 4.69) is 9.97 Å². The van der Waals surface area contributed by atoms with E-state index in [9.17, 15) is 14.3 Å². The van der Waals surface area contributed by atoms with Crippen molar-refractivity contribution >= 4 is 23.5 Å². The average Bonchev–Trinajstić information content (AvgIpc) is 3.17. The van der Waals surface area contributed by atoms with Crippen LogP contribution in [0.15, 0.2) is 78.1 Å². The fourth-order valence-electron chi connectivity index (χ4n) is 5.17. The largest absolute Gasteiger partial charge is 0.389 e. The maximum absolute atomic E-state index is 13.7. The van der Waals surface area contributed by atoms with Crippen LogP contribution in [0.25, 0.3) is 22.5 Å². The van der Waals surface area contributed by atoms with E-state index >= 15 is 0 Å². The maximum Gasteiger partial charge on any atom is 0.238 e. The van der Waals surface area contributed by atoms with Crippen molar-refractivity contribution in [1.82, 2.24) is 14.9 Å². The average molecular weight is 497 g/mol. The fourth-order valence-corrected chi connectivity index (χ4v) is 5.17. The van der Waals surface area contributed by atoms with E-state index in [0.717, 1.165) is 28.0 Å². The van der Waals surface area contributed by atoms with Crippen LogP contribution in [0.1, 0.15) is 23.1 Å². The van der Waals surface area contributed by atoms with Crippen LogP contribution in [0, 0.1) is 11.9 Å². The molecule has 4 heterocycles. The third-order valence-electron chi connectivity index (χ3n) is 7.02. The molecule has 1 aromatic carbocycles. The van der Waals surface area contributed by atoms with Crippen molar-refractivity contribution in [1.29, 1.82) is 0 Å². The first kappa shape index (κ1) is 23.4. The number of aliphatic hydroxyl groups is 1. The second kappa shape index (κ2) is 9.80. The number of rotatable bonds is 4. The summed E-state index contributed by atoms with van der Waals surface area (Å²) in [6.07, 6.45) is 8.91. The topological polar surface area (TPSA) is 87.9 Å². The van der Waals surface area contributed by atoms with Gasteiger partial charge in [0.25, 0.3) is 0 Å². The van der Waals surface area contributed by atoms with Crippen LogP contribution in [0.4, 0.5) is 4.39 Å². The number of pyridine rings is 2. The van der Waals surface area contributed by atoms with Gasteiger partial charge in [0.05, 0.1) is 42.4 Å². The molecule has 6 rings (SSSR count). The van der Waals surface area contributed by atoms with Crippen LogP contribution in [0.2, 0.25) is 0 Å². The smallest absolute Gasteiger partial charge is 0.238 e. The molecule has 0 spiro atoms. The number of carbonyl (C=O) groups excluding carboxylic acids is 1. The Labute approximate surface area is 213 Å². The number of hydrogen-bond donors (Lipinski definition) is 1. The van der Waals surface area contributed by atoms with Gasteiger partial charge in [-0.1, -0.05) is 30.3 Å². The molecule has 1 fully saturated rings. The Morgan fingerprint density at radius 2 is 1.89 bits per heavy atom. The lowest BCUT2D eigenvalue weighted by atomic mass is 9.92. The minimum Gasteiger partial charge on any atom is -0.389 e. The SMILES string of the molecule is O=C1C2C=C(Cc3ccnc(-c4ccnc(F)c4)c3)c3ccccc3C(=C2)N=CN1C1CCOCC1O. The number of aliphatic imine (C=N–C) groups is 1. The number of halogens is 1.